The Morgan fingerprint density at radius 3 is 1.75 bits per heavy atom. The normalized spacial score (nSPS) is 14.1. The largest absolute Gasteiger partial charge is 0.370 e. The highest BCUT2D eigenvalue weighted by Crippen LogP contribution is 2.21. The summed E-state index contributed by atoms with van der Waals surface area (Å²) in [7, 11) is 0. The van der Waals surface area contributed by atoms with Crippen LogP contribution in [-0.2, 0) is 4.74 Å². The molecule has 1 atom stereocenters. The van der Waals surface area contributed by atoms with Gasteiger partial charge in [-0.2, -0.15) is 0 Å². The second kappa shape index (κ2) is 7.89. The molecule has 0 heterocycles. The third-order valence-corrected chi connectivity index (χ3v) is 2.94. The molecule has 0 spiro atoms. The van der Waals surface area contributed by atoms with E-state index in [1.807, 2.05) is 6.08 Å². The summed E-state index contributed by atoms with van der Waals surface area (Å²) in [4.78, 5) is 0. The van der Waals surface area contributed by atoms with Gasteiger partial charge in [-0.05, 0) is 30.6 Å². The van der Waals surface area contributed by atoms with E-state index in [0.717, 1.165) is 12.3 Å². The van der Waals surface area contributed by atoms with Crippen LogP contribution in [0.4, 0.5) is 0 Å². The first-order valence-corrected chi connectivity index (χ1v) is 6.66. The van der Waals surface area contributed by atoms with Crippen molar-refractivity contribution in [3.63, 3.8) is 0 Å². The van der Waals surface area contributed by atoms with Gasteiger partial charge >= 0.3 is 0 Å². The third-order valence-electron chi connectivity index (χ3n) is 2.94. The van der Waals surface area contributed by atoms with Gasteiger partial charge in [0.1, 0.15) is 0 Å². The zero-order chi connectivity index (χ0) is 12.7. The van der Waals surface area contributed by atoms with Crippen LogP contribution in [0.3, 0.4) is 0 Å². The average molecular weight is 226 g/mol. The molecule has 0 N–H and O–H groups in total. The van der Waals surface area contributed by atoms with E-state index in [1.165, 1.54) is 6.42 Å². The number of hydrogen-bond donors (Lipinski definition) is 0. The molecule has 1 unspecified atom stereocenters. The second-order valence-corrected chi connectivity index (χ2v) is 5.83. The maximum absolute atomic E-state index is 6.15. The van der Waals surface area contributed by atoms with Gasteiger partial charge in [0.2, 0.25) is 0 Å². The Balaban J connectivity index is 4.21. The van der Waals surface area contributed by atoms with E-state index < -0.39 is 0 Å². The molecular formula is C15H30O. The molecule has 0 saturated carbocycles. The van der Waals surface area contributed by atoms with E-state index in [1.54, 1.807) is 0 Å². The summed E-state index contributed by atoms with van der Waals surface area (Å²) in [6.45, 7) is 17.3. The van der Waals surface area contributed by atoms with Gasteiger partial charge < -0.3 is 4.74 Å². The predicted molar refractivity (Wildman–Crippen MR) is 72.6 cm³/mol. The molecule has 96 valence electrons. The van der Waals surface area contributed by atoms with Crippen molar-refractivity contribution in [1.29, 1.82) is 0 Å². The monoisotopic (exact) mass is 226 g/mol. The van der Waals surface area contributed by atoms with E-state index in [9.17, 15) is 0 Å². The molecule has 0 aromatic rings. The summed E-state index contributed by atoms with van der Waals surface area (Å²) < 4.78 is 6.15. The van der Waals surface area contributed by atoms with Crippen molar-refractivity contribution < 1.29 is 4.74 Å². The van der Waals surface area contributed by atoms with Crippen LogP contribution >= 0.6 is 0 Å². The maximum Gasteiger partial charge on any atom is 0.0757 e. The van der Waals surface area contributed by atoms with E-state index in [-0.39, 0.29) is 6.10 Å². The highest BCUT2D eigenvalue weighted by molar-refractivity contribution is 4.82. The van der Waals surface area contributed by atoms with Crippen molar-refractivity contribution in [2.24, 2.45) is 17.8 Å². The molecular weight excluding hydrogens is 196 g/mol. The van der Waals surface area contributed by atoms with Crippen LogP contribution in [-0.4, -0.2) is 12.2 Å². The lowest BCUT2D eigenvalue weighted by Gasteiger charge is -2.29. The van der Waals surface area contributed by atoms with Crippen molar-refractivity contribution in [2.45, 2.75) is 66.6 Å². The molecule has 0 fully saturated rings. The van der Waals surface area contributed by atoms with Crippen LogP contribution in [0.15, 0.2) is 12.7 Å². The highest BCUT2D eigenvalue weighted by Gasteiger charge is 2.21. The van der Waals surface area contributed by atoms with Crippen molar-refractivity contribution in [3.05, 3.63) is 12.7 Å². The molecule has 0 aromatic heterocycles. The lowest BCUT2D eigenvalue weighted by atomic mass is 9.95. The minimum absolute atomic E-state index is 0.220. The van der Waals surface area contributed by atoms with Gasteiger partial charge in [0, 0.05) is 0 Å². The fourth-order valence-electron chi connectivity index (χ4n) is 2.02. The lowest BCUT2D eigenvalue weighted by Crippen LogP contribution is -2.30. The summed E-state index contributed by atoms with van der Waals surface area (Å²) in [5.74, 6) is 1.88. The minimum Gasteiger partial charge on any atom is -0.370 e. The molecule has 0 aliphatic heterocycles. The molecule has 0 aliphatic carbocycles. The zero-order valence-electron chi connectivity index (χ0n) is 12.0. The SMILES string of the molecule is C=CC(CCC(C)C)OC(C(C)C)C(C)C. The van der Waals surface area contributed by atoms with Crippen LogP contribution in [0.25, 0.3) is 0 Å². The summed E-state index contributed by atoms with van der Waals surface area (Å²) in [5.41, 5.74) is 0. The summed E-state index contributed by atoms with van der Waals surface area (Å²) in [6.07, 6.45) is 4.82. The number of hydrogen-bond acceptors (Lipinski definition) is 1. The molecule has 0 aromatic carbocycles. The first kappa shape index (κ1) is 15.7. The molecule has 1 heteroatoms. The van der Waals surface area contributed by atoms with Crippen molar-refractivity contribution in [2.75, 3.05) is 0 Å². The minimum atomic E-state index is 0.220. The van der Waals surface area contributed by atoms with Crippen LogP contribution in [0.5, 0.6) is 0 Å². The molecule has 0 saturated heterocycles. The topological polar surface area (TPSA) is 9.23 Å². The van der Waals surface area contributed by atoms with Gasteiger partial charge in [0.15, 0.2) is 0 Å². The Labute approximate surface area is 102 Å². The molecule has 0 bridgehead atoms. The fraction of sp³-hybridized carbons (Fsp3) is 0.867. The zero-order valence-corrected chi connectivity index (χ0v) is 12.0. The Kier molecular flexibility index (Phi) is 7.74. The Hall–Kier alpha value is -0.300. The Bertz CT molecular complexity index is 174. The van der Waals surface area contributed by atoms with Crippen LogP contribution in [0.1, 0.15) is 54.4 Å². The second-order valence-electron chi connectivity index (χ2n) is 5.83. The van der Waals surface area contributed by atoms with Gasteiger partial charge in [-0.15, -0.1) is 6.58 Å². The smallest absolute Gasteiger partial charge is 0.0757 e. The highest BCUT2D eigenvalue weighted by atomic mass is 16.5. The number of rotatable bonds is 8. The van der Waals surface area contributed by atoms with Crippen molar-refractivity contribution in [3.8, 4) is 0 Å². The molecule has 0 radical (unpaired) electrons. The summed E-state index contributed by atoms with van der Waals surface area (Å²) in [5, 5.41) is 0. The van der Waals surface area contributed by atoms with E-state index in [4.69, 9.17) is 4.74 Å². The molecule has 0 amide bonds. The quantitative estimate of drug-likeness (QED) is 0.546. The van der Waals surface area contributed by atoms with E-state index in [0.29, 0.717) is 17.9 Å². The fourth-order valence-corrected chi connectivity index (χ4v) is 2.02. The van der Waals surface area contributed by atoms with Gasteiger partial charge in [-0.3, -0.25) is 0 Å². The predicted octanol–water partition coefficient (Wildman–Crippen LogP) is 4.67. The summed E-state index contributed by atoms with van der Waals surface area (Å²) >= 11 is 0. The molecule has 0 aliphatic rings. The first-order chi connectivity index (χ1) is 7.38. The van der Waals surface area contributed by atoms with Gasteiger partial charge in [0.25, 0.3) is 0 Å². The van der Waals surface area contributed by atoms with Crippen molar-refractivity contribution >= 4 is 0 Å². The van der Waals surface area contributed by atoms with Crippen molar-refractivity contribution in [1.82, 2.24) is 0 Å². The number of ether oxygens (including phenoxy) is 1. The molecule has 1 nitrogen and oxygen atoms in total. The Morgan fingerprint density at radius 1 is 0.938 bits per heavy atom. The van der Waals surface area contributed by atoms with Gasteiger partial charge in [0.05, 0.1) is 12.2 Å². The molecule has 16 heavy (non-hydrogen) atoms. The Morgan fingerprint density at radius 2 is 1.44 bits per heavy atom. The van der Waals surface area contributed by atoms with E-state index >= 15 is 0 Å². The van der Waals surface area contributed by atoms with E-state index in [2.05, 4.69) is 48.1 Å². The van der Waals surface area contributed by atoms with Crippen LogP contribution in [0.2, 0.25) is 0 Å². The third kappa shape index (κ3) is 6.32. The van der Waals surface area contributed by atoms with Gasteiger partial charge in [-0.1, -0.05) is 47.6 Å². The lowest BCUT2D eigenvalue weighted by molar-refractivity contribution is -0.0435. The maximum atomic E-state index is 6.15. The van der Waals surface area contributed by atoms with Crippen LogP contribution in [0, 0.1) is 17.8 Å². The molecule has 0 rings (SSSR count). The standard InChI is InChI=1S/C15H30O/c1-8-14(10-9-11(2)3)16-15(12(4)5)13(6)7/h8,11-15H,1,9-10H2,2-7H3. The average Bonchev–Trinajstić information content (AvgIpc) is 2.16. The van der Waals surface area contributed by atoms with Crippen LogP contribution < -0.4 is 0 Å². The summed E-state index contributed by atoms with van der Waals surface area (Å²) in [6, 6.07) is 0. The van der Waals surface area contributed by atoms with Gasteiger partial charge in [-0.25, -0.2) is 0 Å². The first-order valence-electron chi connectivity index (χ1n) is 6.66.